The van der Waals surface area contributed by atoms with Crippen molar-refractivity contribution in [2.45, 2.75) is 0 Å². The van der Waals surface area contributed by atoms with Crippen molar-refractivity contribution < 1.29 is 29.2 Å². The van der Waals surface area contributed by atoms with E-state index in [4.69, 9.17) is 0 Å². The summed E-state index contributed by atoms with van der Waals surface area (Å²) in [5.74, 6) is 0.464. The quantitative estimate of drug-likeness (QED) is 0.127. The van der Waals surface area contributed by atoms with Gasteiger partial charge in [-0.1, -0.05) is 115 Å². The van der Waals surface area contributed by atoms with Crippen molar-refractivity contribution in [1.29, 1.82) is 0 Å². The molecule has 4 aromatic heterocycles. The molecule has 0 fully saturated rings. The van der Waals surface area contributed by atoms with Crippen molar-refractivity contribution in [2.24, 2.45) is 0 Å². The summed E-state index contributed by atoms with van der Waals surface area (Å²) in [5.41, 5.74) is 4.96. The predicted molar refractivity (Wildman–Crippen MR) is 236 cm³/mol. The topological polar surface area (TPSA) is 83.3 Å². The third-order valence-corrected chi connectivity index (χ3v) is 10.3. The van der Waals surface area contributed by atoms with Crippen molar-refractivity contribution in [3.05, 3.63) is 232 Å². The van der Waals surface area contributed by atoms with Crippen LogP contribution < -0.4 is 14.2 Å². The van der Waals surface area contributed by atoms with Crippen LogP contribution in [0.1, 0.15) is 0 Å². The van der Waals surface area contributed by atoms with Crippen LogP contribution in [0.15, 0.2) is 207 Å². The summed E-state index contributed by atoms with van der Waals surface area (Å²) in [6, 6.07) is 66.5. The van der Waals surface area contributed by atoms with Gasteiger partial charge in [0.05, 0.1) is 22.9 Å². The fourth-order valence-corrected chi connectivity index (χ4v) is 7.42. The largest absolute Gasteiger partial charge is 0.329 e. The summed E-state index contributed by atoms with van der Waals surface area (Å²) in [4.78, 5) is 4.02. The number of hydrogen-bond acceptors (Lipinski definition) is 4. The van der Waals surface area contributed by atoms with Crippen molar-refractivity contribution in [2.75, 3.05) is 0 Å². The maximum atomic E-state index is 4.02. The molecule has 0 aliphatic heterocycles. The van der Waals surface area contributed by atoms with Gasteiger partial charge >= 0.3 is 0 Å². The summed E-state index contributed by atoms with van der Waals surface area (Å²) >= 11 is 0. The zero-order valence-corrected chi connectivity index (χ0v) is 35.4. The van der Waals surface area contributed by atoms with E-state index in [1.54, 1.807) is 12.3 Å². The number of tetrazole rings is 1. The molecule has 0 amide bonds. The second-order valence-electron chi connectivity index (χ2n) is 14.0. The number of aromatic nitrogens is 9. The number of hydrogen-bond donors (Lipinski definition) is 0. The first-order valence-corrected chi connectivity index (χ1v) is 19.7. The van der Waals surface area contributed by atoms with E-state index in [1.165, 1.54) is 43.1 Å². The van der Waals surface area contributed by atoms with Crippen LogP contribution in [0.25, 0.3) is 77.4 Å². The van der Waals surface area contributed by atoms with Gasteiger partial charge in [0.1, 0.15) is 0 Å². The zero-order chi connectivity index (χ0) is 40.8. The summed E-state index contributed by atoms with van der Waals surface area (Å²) in [7, 11) is 0. The second-order valence-corrected chi connectivity index (χ2v) is 14.0. The molecule has 4 heterocycles. The van der Waals surface area contributed by atoms with Gasteiger partial charge in [-0.25, -0.2) is 0 Å². The van der Waals surface area contributed by atoms with Gasteiger partial charge < -0.3 is 14.2 Å². The first-order chi connectivity index (χ1) is 30.3. The van der Waals surface area contributed by atoms with Crippen molar-refractivity contribution in [3.63, 3.8) is 0 Å². The number of imidazole rings is 2. The molecule has 9 nitrogen and oxygen atoms in total. The Labute approximate surface area is 371 Å². The second kappa shape index (κ2) is 18.1. The molecule has 0 saturated carbocycles. The average molecular weight is 977 g/mol. The Bertz CT molecular complexity index is 2990. The van der Waals surface area contributed by atoms with Gasteiger partial charge in [0.15, 0.2) is 0 Å². The van der Waals surface area contributed by atoms with E-state index >= 15 is 0 Å². The molecule has 8 aromatic carbocycles. The van der Waals surface area contributed by atoms with Gasteiger partial charge in [0, 0.05) is 51.1 Å². The number of nitrogens with zero attached hydrogens (tertiary/aromatic N) is 9. The number of fused-ring (bicyclic) bond motifs is 4. The molecule has 0 N–H and O–H groups in total. The third-order valence-electron chi connectivity index (χ3n) is 10.3. The predicted octanol–water partition coefficient (Wildman–Crippen LogP) is 9.21. The summed E-state index contributed by atoms with van der Waals surface area (Å²) < 4.78 is 8.09. The minimum absolute atomic E-state index is 0. The van der Waals surface area contributed by atoms with Crippen LogP contribution in [-0.4, -0.2) is 29.6 Å². The number of rotatable bonds is 5. The number of pyridine rings is 1. The maximum absolute atomic E-state index is 4.02. The van der Waals surface area contributed by atoms with Crippen LogP contribution in [0, 0.1) is 24.8 Å². The van der Waals surface area contributed by atoms with Crippen LogP contribution in [-0.2, 0) is 20.1 Å². The van der Waals surface area contributed by atoms with Crippen molar-refractivity contribution in [3.8, 4) is 34.3 Å². The molecule has 12 aromatic rings. The molecule has 0 spiro atoms. The van der Waals surface area contributed by atoms with Crippen molar-refractivity contribution >= 4 is 43.1 Å². The molecule has 1 radical (unpaired) electrons. The van der Waals surface area contributed by atoms with Crippen LogP contribution in [0.4, 0.5) is 0 Å². The molecular weight excluding hydrogens is 943 g/mol. The van der Waals surface area contributed by atoms with Crippen molar-refractivity contribution in [1.82, 2.24) is 34.7 Å². The Morgan fingerprint density at radius 3 is 1.39 bits per heavy atom. The van der Waals surface area contributed by atoms with Gasteiger partial charge in [0.25, 0.3) is 12.7 Å². The van der Waals surface area contributed by atoms with Gasteiger partial charge in [-0.05, 0) is 57.2 Å². The minimum atomic E-state index is 0. The van der Waals surface area contributed by atoms with Gasteiger partial charge in [-0.15, -0.1) is 33.7 Å². The van der Waals surface area contributed by atoms with Gasteiger partial charge in [-0.3, -0.25) is 24.4 Å². The van der Waals surface area contributed by atoms with E-state index in [9.17, 15) is 0 Å². The molecule has 62 heavy (non-hydrogen) atoms. The Kier molecular flexibility index (Phi) is 11.6. The Balaban J connectivity index is 0.000000126. The molecule has 0 aliphatic carbocycles. The monoisotopic (exact) mass is 977 g/mol. The fourth-order valence-electron chi connectivity index (χ4n) is 7.42. The molecule has 0 aliphatic rings. The first-order valence-electron chi connectivity index (χ1n) is 19.7. The molecule has 10 heteroatoms. The number of benzene rings is 8. The summed E-state index contributed by atoms with van der Waals surface area (Å²) in [6.45, 7) is 0. The summed E-state index contributed by atoms with van der Waals surface area (Å²) in [6.07, 6.45) is 16.7. The van der Waals surface area contributed by atoms with Crippen LogP contribution in [0.5, 0.6) is 0 Å². The minimum Gasteiger partial charge on any atom is -0.329 e. The SMILES string of the molecule is [Ir].[c-]1ccc2ccccc2c1-n1[c-][n+](-c2cccc3ccccc23)cc1.[c-]1ccc2ccccc2c1-n1[c-][n+](-c2cccc3ccccc23)cc1.c1ccc(-c2nnn[n-]2)nc1. The van der Waals surface area contributed by atoms with Gasteiger partial charge in [-0.2, -0.15) is 41.6 Å². The maximum Gasteiger partial charge on any atom is 0.267 e. The first kappa shape index (κ1) is 39.5. The third kappa shape index (κ3) is 8.16. The van der Waals surface area contributed by atoms with E-state index in [0.717, 1.165) is 22.7 Å². The molecule has 0 saturated heterocycles. The van der Waals surface area contributed by atoms with E-state index in [1.807, 2.05) is 67.3 Å². The fraction of sp³-hybridized carbons (Fsp3) is 0. The standard InChI is InChI=1S/2C23H15N2.C6H4N5.Ir/c2*1-3-11-20-18(7-1)9-5-13-22(20)24-15-16-25(17-24)23-14-6-10-19-8-2-4-12-21(19)23;1-2-4-7-5(3-1)6-8-10-11-9-6;/h2*1-13,15-16H;1-4H;/q3*-1;. The Hall–Kier alpha value is -7.91. The molecule has 0 atom stereocenters. The molecule has 0 unspecified atom stereocenters. The van der Waals surface area contributed by atoms with Gasteiger partial charge in [0.2, 0.25) is 0 Å². The molecular formula is C52H34IrN9-3. The Morgan fingerprint density at radius 2 is 0.919 bits per heavy atom. The van der Waals surface area contributed by atoms with Crippen LogP contribution in [0.2, 0.25) is 0 Å². The van der Waals surface area contributed by atoms with E-state index < -0.39 is 0 Å². The van der Waals surface area contributed by atoms with Crippen LogP contribution >= 0.6 is 0 Å². The smallest absolute Gasteiger partial charge is 0.267 e. The molecule has 299 valence electrons. The molecule has 12 rings (SSSR count). The van der Waals surface area contributed by atoms with E-state index in [-0.39, 0.29) is 20.1 Å². The Morgan fingerprint density at radius 1 is 0.468 bits per heavy atom. The van der Waals surface area contributed by atoms with E-state index in [2.05, 4.69) is 196 Å². The van der Waals surface area contributed by atoms with Crippen LogP contribution in [0.3, 0.4) is 0 Å². The molecule has 0 bridgehead atoms. The average Bonchev–Trinajstić information content (AvgIpc) is 4.16. The zero-order valence-electron chi connectivity index (χ0n) is 33.0. The normalized spacial score (nSPS) is 10.8. The van der Waals surface area contributed by atoms with E-state index in [0.29, 0.717) is 11.5 Å². The summed E-state index contributed by atoms with van der Waals surface area (Å²) in [5, 5.41) is 23.6.